The molecule has 0 aliphatic rings. The van der Waals surface area contributed by atoms with Crippen LogP contribution in [0.2, 0.25) is 0 Å². The number of hydrogen-bond acceptors (Lipinski definition) is 2. The highest BCUT2D eigenvalue weighted by Gasteiger charge is 2.03. The summed E-state index contributed by atoms with van der Waals surface area (Å²) in [6.07, 6.45) is 0. The molecule has 1 aromatic heterocycles. The van der Waals surface area contributed by atoms with Crippen LogP contribution in [0.25, 0.3) is 20.5 Å². The van der Waals surface area contributed by atoms with Gasteiger partial charge in [-0.1, -0.05) is 30.3 Å². The molecule has 0 unspecified atom stereocenters. The maximum atomic E-state index is 8.77. The molecule has 0 amide bonds. The zero-order valence-electron chi connectivity index (χ0n) is 9.05. The van der Waals surface area contributed by atoms with Gasteiger partial charge in [0.05, 0.1) is 11.6 Å². The van der Waals surface area contributed by atoms with Gasteiger partial charge in [-0.25, -0.2) is 0 Å². The fourth-order valence-corrected chi connectivity index (χ4v) is 2.90. The molecule has 1 nitrogen and oxygen atoms in total. The fraction of sp³-hybridized carbons (Fsp3) is 0. The van der Waals surface area contributed by atoms with Crippen molar-refractivity contribution in [1.29, 1.82) is 5.26 Å². The number of nitriles is 1. The molecule has 3 aromatic rings. The summed E-state index contributed by atoms with van der Waals surface area (Å²) in [5, 5.41) is 10.0. The van der Waals surface area contributed by atoms with Crippen LogP contribution in [-0.2, 0) is 0 Å². The third kappa shape index (κ3) is 1.82. The molecular weight excluding hydrogens is 226 g/mol. The van der Waals surface area contributed by atoms with Gasteiger partial charge in [-0.2, -0.15) is 5.26 Å². The van der Waals surface area contributed by atoms with E-state index in [0.717, 1.165) is 0 Å². The SMILES string of the molecule is N#Cc1ccc(-c2cc3ccccc3s2)cc1. The van der Waals surface area contributed by atoms with Crippen LogP contribution in [0, 0.1) is 11.3 Å². The Morgan fingerprint density at radius 2 is 1.71 bits per heavy atom. The van der Waals surface area contributed by atoms with Gasteiger partial charge in [-0.3, -0.25) is 0 Å². The molecule has 0 saturated heterocycles. The number of fused-ring (bicyclic) bond motifs is 1. The Bertz CT molecular complexity index is 669. The first-order valence-electron chi connectivity index (χ1n) is 5.36. The summed E-state index contributed by atoms with van der Waals surface area (Å²) in [6, 6.07) is 20.4. The van der Waals surface area contributed by atoms with E-state index < -0.39 is 0 Å². The molecule has 0 saturated carbocycles. The van der Waals surface area contributed by atoms with Crippen LogP contribution in [0.1, 0.15) is 5.56 Å². The number of thiophene rings is 1. The van der Waals surface area contributed by atoms with Crippen LogP contribution in [-0.4, -0.2) is 0 Å². The maximum Gasteiger partial charge on any atom is 0.0991 e. The van der Waals surface area contributed by atoms with Crippen molar-refractivity contribution in [2.75, 3.05) is 0 Å². The van der Waals surface area contributed by atoms with Crippen molar-refractivity contribution in [3.63, 3.8) is 0 Å². The smallest absolute Gasteiger partial charge is 0.0991 e. The quantitative estimate of drug-likeness (QED) is 0.611. The largest absolute Gasteiger partial charge is 0.192 e. The lowest BCUT2D eigenvalue weighted by Gasteiger charge is -1.95. The predicted molar refractivity (Wildman–Crippen MR) is 72.0 cm³/mol. The lowest BCUT2D eigenvalue weighted by Crippen LogP contribution is -1.74. The minimum absolute atomic E-state index is 0.704. The summed E-state index contributed by atoms with van der Waals surface area (Å²) in [7, 11) is 0. The lowest BCUT2D eigenvalue weighted by atomic mass is 10.1. The van der Waals surface area contributed by atoms with Gasteiger partial charge >= 0.3 is 0 Å². The predicted octanol–water partition coefficient (Wildman–Crippen LogP) is 4.44. The molecule has 0 bridgehead atoms. The Hall–Kier alpha value is -2.11. The Morgan fingerprint density at radius 1 is 0.941 bits per heavy atom. The van der Waals surface area contributed by atoms with Crippen molar-refractivity contribution in [1.82, 2.24) is 0 Å². The standard InChI is InChI=1S/C15H9NS/c16-10-11-5-7-12(8-6-11)15-9-13-3-1-2-4-14(13)17-15/h1-9H. The summed E-state index contributed by atoms with van der Waals surface area (Å²) >= 11 is 1.78. The molecule has 17 heavy (non-hydrogen) atoms. The first-order chi connectivity index (χ1) is 8.36. The topological polar surface area (TPSA) is 23.8 Å². The fourth-order valence-electron chi connectivity index (χ4n) is 1.83. The van der Waals surface area contributed by atoms with E-state index in [2.05, 4.69) is 36.4 Å². The van der Waals surface area contributed by atoms with E-state index in [1.54, 1.807) is 11.3 Å². The van der Waals surface area contributed by atoms with Crippen molar-refractivity contribution < 1.29 is 0 Å². The Kier molecular flexibility index (Phi) is 2.40. The van der Waals surface area contributed by atoms with E-state index in [1.807, 2.05) is 24.3 Å². The van der Waals surface area contributed by atoms with Crippen LogP contribution >= 0.6 is 11.3 Å². The van der Waals surface area contributed by atoms with Crippen LogP contribution in [0.4, 0.5) is 0 Å². The second-order valence-corrected chi connectivity index (χ2v) is 4.92. The second kappa shape index (κ2) is 4.04. The van der Waals surface area contributed by atoms with Crippen LogP contribution < -0.4 is 0 Å². The molecule has 0 aliphatic carbocycles. The summed E-state index contributed by atoms with van der Waals surface area (Å²) < 4.78 is 1.30. The average molecular weight is 235 g/mol. The van der Waals surface area contributed by atoms with Gasteiger partial charge < -0.3 is 0 Å². The van der Waals surface area contributed by atoms with Gasteiger partial charge in [-0.15, -0.1) is 11.3 Å². The molecule has 0 N–H and O–H groups in total. The molecule has 0 aliphatic heterocycles. The van der Waals surface area contributed by atoms with E-state index in [9.17, 15) is 0 Å². The van der Waals surface area contributed by atoms with E-state index in [0.29, 0.717) is 5.56 Å². The van der Waals surface area contributed by atoms with Crippen molar-refractivity contribution in [2.45, 2.75) is 0 Å². The summed E-state index contributed by atoms with van der Waals surface area (Å²) in [5.74, 6) is 0. The molecule has 0 atom stereocenters. The normalized spacial score (nSPS) is 10.3. The third-order valence-electron chi connectivity index (χ3n) is 2.72. The van der Waals surface area contributed by atoms with Gasteiger partial charge in [0.2, 0.25) is 0 Å². The third-order valence-corrected chi connectivity index (χ3v) is 3.89. The van der Waals surface area contributed by atoms with Crippen LogP contribution in [0.5, 0.6) is 0 Å². The number of rotatable bonds is 1. The lowest BCUT2D eigenvalue weighted by molar-refractivity contribution is 1.49. The molecule has 0 fully saturated rings. The van der Waals surface area contributed by atoms with Crippen molar-refractivity contribution in [3.8, 4) is 16.5 Å². The number of hydrogen-bond donors (Lipinski definition) is 0. The van der Waals surface area contributed by atoms with Crippen LogP contribution in [0.15, 0.2) is 54.6 Å². The number of benzene rings is 2. The zero-order valence-corrected chi connectivity index (χ0v) is 9.87. The van der Waals surface area contributed by atoms with E-state index in [-0.39, 0.29) is 0 Å². The van der Waals surface area contributed by atoms with Crippen molar-refractivity contribution in [3.05, 3.63) is 60.2 Å². The molecule has 2 aromatic carbocycles. The summed E-state index contributed by atoms with van der Waals surface area (Å²) in [5.41, 5.74) is 1.88. The van der Waals surface area contributed by atoms with Crippen molar-refractivity contribution >= 4 is 21.4 Å². The Balaban J connectivity index is 2.11. The van der Waals surface area contributed by atoms with Gasteiger partial charge in [0.1, 0.15) is 0 Å². The van der Waals surface area contributed by atoms with Crippen molar-refractivity contribution in [2.24, 2.45) is 0 Å². The number of nitrogens with zero attached hydrogens (tertiary/aromatic N) is 1. The monoisotopic (exact) mass is 235 g/mol. The van der Waals surface area contributed by atoms with Crippen LogP contribution in [0.3, 0.4) is 0 Å². The molecule has 3 rings (SSSR count). The molecular formula is C15H9NS. The highest BCUT2D eigenvalue weighted by atomic mass is 32.1. The summed E-state index contributed by atoms with van der Waals surface area (Å²) in [6.45, 7) is 0. The Morgan fingerprint density at radius 3 is 2.41 bits per heavy atom. The van der Waals surface area contributed by atoms with E-state index in [4.69, 9.17) is 5.26 Å². The second-order valence-electron chi connectivity index (χ2n) is 3.84. The van der Waals surface area contributed by atoms with Gasteiger partial charge in [-0.05, 0) is 35.2 Å². The molecule has 1 heterocycles. The van der Waals surface area contributed by atoms with E-state index >= 15 is 0 Å². The molecule has 2 heteroatoms. The van der Waals surface area contributed by atoms with Gasteiger partial charge in [0.15, 0.2) is 0 Å². The average Bonchev–Trinajstić information content (AvgIpc) is 2.82. The summed E-state index contributed by atoms with van der Waals surface area (Å²) in [4.78, 5) is 1.25. The molecule has 0 radical (unpaired) electrons. The van der Waals surface area contributed by atoms with Gasteiger partial charge in [0.25, 0.3) is 0 Å². The molecule has 0 spiro atoms. The highest BCUT2D eigenvalue weighted by Crippen LogP contribution is 2.33. The minimum atomic E-state index is 0.704. The molecule has 80 valence electrons. The highest BCUT2D eigenvalue weighted by molar-refractivity contribution is 7.22. The van der Waals surface area contributed by atoms with E-state index in [1.165, 1.54) is 20.5 Å². The zero-order chi connectivity index (χ0) is 11.7. The maximum absolute atomic E-state index is 8.77. The Labute approximate surface area is 104 Å². The first-order valence-corrected chi connectivity index (χ1v) is 6.17. The minimum Gasteiger partial charge on any atom is -0.192 e. The first kappa shape index (κ1) is 10.1. The van der Waals surface area contributed by atoms with Gasteiger partial charge in [0, 0.05) is 9.58 Å².